The lowest BCUT2D eigenvalue weighted by molar-refractivity contribution is 0.705. The molecule has 28 heavy (non-hydrogen) atoms. The fourth-order valence-electron chi connectivity index (χ4n) is 2.91. The van der Waals surface area contributed by atoms with Crippen molar-refractivity contribution in [2.45, 2.75) is 6.92 Å². The standard InChI is InChI=1S/2C8H10N4O2/c1-10-4-9-6-5(10)7(13)12(3)8(14)11(6)2;1-4-9-5-6(10-4)11(2)8(14)12(3)7(5)13/h4H,1-3H3;1-3H3,(H,9,10). The lowest BCUT2D eigenvalue weighted by Gasteiger charge is -2.02. The highest BCUT2D eigenvalue weighted by atomic mass is 16.2. The number of H-pyrrole nitrogens is 1. The fourth-order valence-corrected chi connectivity index (χ4v) is 2.91. The molecule has 0 aromatic carbocycles. The second-order valence-electron chi connectivity index (χ2n) is 6.46. The molecular formula is C16H20N8O4. The number of hydrogen-bond acceptors (Lipinski definition) is 6. The highest BCUT2D eigenvalue weighted by Gasteiger charge is 2.12. The quantitative estimate of drug-likeness (QED) is 0.379. The Morgan fingerprint density at radius 3 is 1.93 bits per heavy atom. The molecule has 0 unspecified atom stereocenters. The minimum atomic E-state index is -0.367. The first-order valence-electron chi connectivity index (χ1n) is 8.25. The molecule has 0 saturated heterocycles. The van der Waals surface area contributed by atoms with E-state index < -0.39 is 0 Å². The van der Waals surface area contributed by atoms with Gasteiger partial charge in [-0.1, -0.05) is 0 Å². The lowest BCUT2D eigenvalue weighted by atomic mass is 10.5. The summed E-state index contributed by atoms with van der Waals surface area (Å²) in [5.41, 5.74) is 0.236. The summed E-state index contributed by atoms with van der Waals surface area (Å²) in [5.74, 6) is 0.623. The van der Waals surface area contributed by atoms with Gasteiger partial charge in [0, 0.05) is 35.2 Å². The maximum absolute atomic E-state index is 11.7. The molecule has 0 aliphatic rings. The van der Waals surface area contributed by atoms with Crippen molar-refractivity contribution in [3.05, 3.63) is 53.8 Å². The summed E-state index contributed by atoms with van der Waals surface area (Å²) >= 11 is 0. The van der Waals surface area contributed by atoms with Crippen molar-refractivity contribution in [3.8, 4) is 0 Å². The van der Waals surface area contributed by atoms with Crippen LogP contribution < -0.4 is 22.5 Å². The van der Waals surface area contributed by atoms with Gasteiger partial charge >= 0.3 is 11.4 Å². The Labute approximate surface area is 156 Å². The second-order valence-corrected chi connectivity index (χ2v) is 6.46. The summed E-state index contributed by atoms with van der Waals surface area (Å²) in [4.78, 5) is 57.1. The molecule has 148 valence electrons. The minimum Gasteiger partial charge on any atom is -0.336 e. The van der Waals surface area contributed by atoms with Crippen molar-refractivity contribution in [2.24, 2.45) is 35.2 Å². The van der Waals surface area contributed by atoms with Gasteiger partial charge in [-0.25, -0.2) is 19.6 Å². The maximum Gasteiger partial charge on any atom is 0.332 e. The van der Waals surface area contributed by atoms with Crippen LogP contribution in [0.4, 0.5) is 0 Å². The third-order valence-corrected chi connectivity index (χ3v) is 4.53. The van der Waals surface area contributed by atoms with Crippen LogP contribution in [-0.2, 0) is 35.2 Å². The highest BCUT2D eigenvalue weighted by Crippen LogP contribution is 2.02. The summed E-state index contributed by atoms with van der Waals surface area (Å²) in [6.07, 6.45) is 1.52. The lowest BCUT2D eigenvalue weighted by Crippen LogP contribution is -2.37. The Morgan fingerprint density at radius 1 is 0.786 bits per heavy atom. The number of nitrogens with zero attached hydrogens (tertiary/aromatic N) is 7. The van der Waals surface area contributed by atoms with E-state index in [0.29, 0.717) is 28.2 Å². The topological polar surface area (TPSA) is 134 Å². The molecule has 1 N–H and O–H groups in total. The van der Waals surface area contributed by atoms with Crippen molar-refractivity contribution < 1.29 is 0 Å². The zero-order valence-corrected chi connectivity index (χ0v) is 16.3. The Hall–Kier alpha value is -3.70. The summed E-state index contributed by atoms with van der Waals surface area (Å²) in [5, 5.41) is 0. The van der Waals surface area contributed by atoms with Gasteiger partial charge in [0.1, 0.15) is 11.3 Å². The summed E-state index contributed by atoms with van der Waals surface area (Å²) in [6.45, 7) is 1.74. The van der Waals surface area contributed by atoms with Gasteiger partial charge in [0.15, 0.2) is 16.8 Å². The predicted molar refractivity (Wildman–Crippen MR) is 103 cm³/mol. The highest BCUT2D eigenvalue weighted by molar-refractivity contribution is 5.70. The van der Waals surface area contributed by atoms with E-state index in [9.17, 15) is 19.2 Å². The number of rotatable bonds is 0. The van der Waals surface area contributed by atoms with E-state index in [1.54, 1.807) is 32.6 Å². The monoisotopic (exact) mass is 388 g/mol. The molecule has 0 aliphatic carbocycles. The van der Waals surface area contributed by atoms with Crippen LogP contribution in [0.25, 0.3) is 22.3 Å². The van der Waals surface area contributed by atoms with Gasteiger partial charge in [0.25, 0.3) is 11.1 Å². The first kappa shape index (κ1) is 19.1. The van der Waals surface area contributed by atoms with Crippen LogP contribution >= 0.6 is 0 Å². The van der Waals surface area contributed by atoms with E-state index in [1.807, 2.05) is 0 Å². The Bertz CT molecular complexity index is 1440. The van der Waals surface area contributed by atoms with Gasteiger partial charge in [-0.2, -0.15) is 0 Å². The molecule has 4 aromatic rings. The van der Waals surface area contributed by atoms with Gasteiger partial charge in [0.05, 0.1) is 6.33 Å². The summed E-state index contributed by atoms with van der Waals surface area (Å²) in [7, 11) is 7.81. The van der Waals surface area contributed by atoms with E-state index in [1.165, 1.54) is 29.6 Å². The molecule has 4 aromatic heterocycles. The van der Waals surface area contributed by atoms with Crippen LogP contribution in [0.15, 0.2) is 25.5 Å². The summed E-state index contributed by atoms with van der Waals surface area (Å²) < 4.78 is 6.44. The van der Waals surface area contributed by atoms with Crippen molar-refractivity contribution in [3.63, 3.8) is 0 Å². The molecule has 0 saturated carbocycles. The van der Waals surface area contributed by atoms with Crippen LogP contribution in [0.3, 0.4) is 0 Å². The first-order valence-corrected chi connectivity index (χ1v) is 8.25. The molecule has 4 heterocycles. The number of aromatic nitrogens is 8. The number of fused-ring (bicyclic) bond motifs is 2. The number of imidazole rings is 2. The third-order valence-electron chi connectivity index (χ3n) is 4.53. The van der Waals surface area contributed by atoms with E-state index in [-0.39, 0.29) is 22.5 Å². The minimum absolute atomic E-state index is 0.317. The molecule has 12 heteroatoms. The van der Waals surface area contributed by atoms with Crippen LogP contribution in [0, 0.1) is 6.92 Å². The Balaban J connectivity index is 0.000000161. The molecule has 0 radical (unpaired) electrons. The maximum atomic E-state index is 11.7. The number of aromatic amines is 1. The van der Waals surface area contributed by atoms with Crippen molar-refractivity contribution in [1.29, 1.82) is 0 Å². The average molecular weight is 388 g/mol. The first-order chi connectivity index (χ1) is 13.1. The van der Waals surface area contributed by atoms with Gasteiger partial charge in [-0.3, -0.25) is 27.9 Å². The average Bonchev–Trinajstić information content (AvgIpc) is 3.25. The van der Waals surface area contributed by atoms with Gasteiger partial charge in [-0.05, 0) is 6.92 Å². The predicted octanol–water partition coefficient (Wildman–Crippen LogP) is -1.76. The van der Waals surface area contributed by atoms with Gasteiger partial charge < -0.3 is 9.55 Å². The Kier molecular flexibility index (Phi) is 4.41. The van der Waals surface area contributed by atoms with E-state index in [0.717, 1.165) is 9.13 Å². The molecule has 0 bridgehead atoms. The largest absolute Gasteiger partial charge is 0.336 e. The van der Waals surface area contributed by atoms with Crippen molar-refractivity contribution in [2.75, 3.05) is 0 Å². The molecule has 4 rings (SSSR count). The number of aryl methyl sites for hydroxylation is 4. The van der Waals surface area contributed by atoms with E-state index >= 15 is 0 Å². The van der Waals surface area contributed by atoms with Gasteiger partial charge in [0.2, 0.25) is 0 Å². The smallest absolute Gasteiger partial charge is 0.332 e. The second kappa shape index (κ2) is 6.48. The van der Waals surface area contributed by atoms with Crippen LogP contribution in [-0.4, -0.2) is 37.8 Å². The SMILES string of the molecule is Cc1nc2c([nH]1)c(=O)n(C)c(=O)n2C.Cn1c(=O)c2c(ncn2C)n(C)c1=O. The Morgan fingerprint density at radius 2 is 1.32 bits per heavy atom. The zero-order valence-electron chi connectivity index (χ0n) is 16.3. The van der Waals surface area contributed by atoms with Crippen LogP contribution in [0.5, 0.6) is 0 Å². The molecule has 0 amide bonds. The molecular weight excluding hydrogens is 368 g/mol. The van der Waals surface area contributed by atoms with Crippen LogP contribution in [0.1, 0.15) is 5.82 Å². The fraction of sp³-hybridized carbons (Fsp3) is 0.375. The van der Waals surface area contributed by atoms with Crippen molar-refractivity contribution in [1.82, 2.24) is 37.8 Å². The molecule has 0 atom stereocenters. The van der Waals surface area contributed by atoms with E-state index in [2.05, 4.69) is 15.0 Å². The summed E-state index contributed by atoms with van der Waals surface area (Å²) in [6, 6.07) is 0. The van der Waals surface area contributed by atoms with Crippen LogP contribution in [0.2, 0.25) is 0 Å². The normalized spacial score (nSPS) is 11.1. The van der Waals surface area contributed by atoms with Gasteiger partial charge in [-0.15, -0.1) is 0 Å². The molecule has 12 nitrogen and oxygen atoms in total. The third kappa shape index (κ3) is 2.69. The molecule has 0 aliphatic heterocycles. The number of nitrogens with one attached hydrogen (secondary N) is 1. The van der Waals surface area contributed by atoms with Crippen molar-refractivity contribution >= 4 is 22.3 Å². The number of hydrogen-bond donors (Lipinski definition) is 1. The van der Waals surface area contributed by atoms with E-state index in [4.69, 9.17) is 0 Å². The zero-order chi connectivity index (χ0) is 20.9. The molecule has 0 fully saturated rings. The molecule has 0 spiro atoms.